The molecule has 0 amide bonds. The lowest BCUT2D eigenvalue weighted by Gasteiger charge is -2.32. The summed E-state index contributed by atoms with van der Waals surface area (Å²) in [4.78, 5) is 12.6. The Morgan fingerprint density at radius 2 is 2.09 bits per heavy atom. The molecule has 6 heteroatoms. The summed E-state index contributed by atoms with van der Waals surface area (Å²) in [6, 6.07) is 4.54. The minimum absolute atomic E-state index is 0.235. The highest BCUT2D eigenvalue weighted by Gasteiger charge is 2.34. The van der Waals surface area contributed by atoms with Crippen LogP contribution < -0.4 is 0 Å². The van der Waals surface area contributed by atoms with Gasteiger partial charge in [0, 0.05) is 30.3 Å². The van der Waals surface area contributed by atoms with E-state index in [9.17, 15) is 14.5 Å². The van der Waals surface area contributed by atoms with Crippen molar-refractivity contribution in [2.45, 2.75) is 52.2 Å². The number of halogens is 1. The highest BCUT2D eigenvalue weighted by Crippen LogP contribution is 2.33. The van der Waals surface area contributed by atoms with Crippen LogP contribution >= 0.6 is 0 Å². The summed E-state index contributed by atoms with van der Waals surface area (Å²) >= 11 is 0. The molecule has 0 aromatic heterocycles. The highest BCUT2D eigenvalue weighted by atomic mass is 19.1. The predicted molar refractivity (Wildman–Crippen MR) is 80.6 cm³/mol. The summed E-state index contributed by atoms with van der Waals surface area (Å²) in [6.07, 6.45) is 2.16. The van der Waals surface area contributed by atoms with E-state index in [2.05, 4.69) is 25.7 Å². The Bertz CT molecular complexity index is 621. The Balaban J connectivity index is 2.33. The van der Waals surface area contributed by atoms with Gasteiger partial charge in [0.15, 0.2) is 0 Å². The van der Waals surface area contributed by atoms with Crippen molar-refractivity contribution in [3.05, 3.63) is 39.2 Å². The first-order valence-corrected chi connectivity index (χ1v) is 7.47. The van der Waals surface area contributed by atoms with E-state index in [4.69, 9.17) is 5.26 Å². The van der Waals surface area contributed by atoms with Crippen molar-refractivity contribution in [2.24, 2.45) is 5.92 Å². The Hall–Kier alpha value is -2.00. The maximum absolute atomic E-state index is 14.2. The molecule has 1 aromatic carbocycles. The SMILES string of the molecule is CC(C)C(C)N(Cc1cc([N+](=O)[O-])c(C#N)cc1F)C1CC1. The zero-order valence-corrected chi connectivity index (χ0v) is 13.0. The smallest absolute Gasteiger partial charge is 0.287 e. The van der Waals surface area contributed by atoms with Gasteiger partial charge in [-0.3, -0.25) is 15.0 Å². The van der Waals surface area contributed by atoms with Gasteiger partial charge < -0.3 is 0 Å². The second kappa shape index (κ2) is 6.41. The number of hydrogen-bond acceptors (Lipinski definition) is 4. The second-order valence-corrected chi connectivity index (χ2v) is 6.22. The van der Waals surface area contributed by atoms with E-state index in [1.54, 1.807) is 6.07 Å². The third-order valence-electron chi connectivity index (χ3n) is 4.34. The van der Waals surface area contributed by atoms with Gasteiger partial charge in [0.1, 0.15) is 17.4 Å². The van der Waals surface area contributed by atoms with Crippen molar-refractivity contribution in [2.75, 3.05) is 0 Å². The molecule has 0 bridgehead atoms. The second-order valence-electron chi connectivity index (χ2n) is 6.22. The van der Waals surface area contributed by atoms with Crippen LogP contribution in [0.3, 0.4) is 0 Å². The quantitative estimate of drug-likeness (QED) is 0.594. The van der Waals surface area contributed by atoms with Crippen LogP contribution in [0.2, 0.25) is 0 Å². The maximum Gasteiger partial charge on any atom is 0.287 e. The third-order valence-corrected chi connectivity index (χ3v) is 4.34. The molecule has 1 aliphatic rings. The number of nitro groups is 1. The van der Waals surface area contributed by atoms with Crippen LogP contribution in [0.25, 0.3) is 0 Å². The monoisotopic (exact) mass is 305 g/mol. The van der Waals surface area contributed by atoms with E-state index < -0.39 is 10.7 Å². The minimum atomic E-state index is -0.630. The summed E-state index contributed by atoms with van der Waals surface area (Å²) in [5.74, 6) is -0.138. The van der Waals surface area contributed by atoms with Crippen LogP contribution in [0.1, 0.15) is 44.7 Å². The number of rotatable bonds is 6. The zero-order chi connectivity index (χ0) is 16.4. The summed E-state index contributed by atoms with van der Waals surface area (Å²) < 4.78 is 14.2. The first-order valence-electron chi connectivity index (χ1n) is 7.47. The number of benzene rings is 1. The third kappa shape index (κ3) is 3.42. The van der Waals surface area contributed by atoms with Crippen LogP contribution in [0.4, 0.5) is 10.1 Å². The summed E-state index contributed by atoms with van der Waals surface area (Å²) in [6.45, 7) is 6.65. The van der Waals surface area contributed by atoms with Gasteiger partial charge in [-0.05, 0) is 31.7 Å². The maximum atomic E-state index is 14.2. The fourth-order valence-corrected chi connectivity index (χ4v) is 2.56. The average molecular weight is 305 g/mol. The number of hydrogen-bond donors (Lipinski definition) is 0. The largest absolute Gasteiger partial charge is 0.293 e. The number of nitro benzene ring substituents is 1. The Morgan fingerprint density at radius 1 is 1.45 bits per heavy atom. The molecule has 1 aromatic rings. The molecule has 0 N–H and O–H groups in total. The topological polar surface area (TPSA) is 70.2 Å². The molecule has 2 rings (SSSR count). The average Bonchev–Trinajstić information content (AvgIpc) is 3.28. The molecule has 22 heavy (non-hydrogen) atoms. The van der Waals surface area contributed by atoms with E-state index >= 15 is 0 Å². The number of nitrogens with zero attached hydrogens (tertiary/aromatic N) is 3. The Morgan fingerprint density at radius 3 is 2.55 bits per heavy atom. The van der Waals surface area contributed by atoms with Gasteiger partial charge in [-0.1, -0.05) is 13.8 Å². The number of nitriles is 1. The molecule has 0 spiro atoms. The van der Waals surface area contributed by atoms with Crippen molar-refractivity contribution < 1.29 is 9.31 Å². The molecule has 5 nitrogen and oxygen atoms in total. The molecule has 0 heterocycles. The van der Waals surface area contributed by atoms with Gasteiger partial charge in [0.05, 0.1) is 4.92 Å². The van der Waals surface area contributed by atoms with Gasteiger partial charge in [0.25, 0.3) is 5.69 Å². The summed E-state index contributed by atoms with van der Waals surface area (Å²) in [5.41, 5.74) is -0.280. The highest BCUT2D eigenvalue weighted by molar-refractivity contribution is 5.51. The lowest BCUT2D eigenvalue weighted by Crippen LogP contribution is -2.38. The van der Waals surface area contributed by atoms with Gasteiger partial charge in [0.2, 0.25) is 0 Å². The van der Waals surface area contributed by atoms with E-state index in [1.807, 2.05) is 0 Å². The van der Waals surface area contributed by atoms with E-state index in [1.165, 1.54) is 6.07 Å². The summed E-state index contributed by atoms with van der Waals surface area (Å²) in [5, 5.41) is 19.9. The minimum Gasteiger partial charge on any atom is -0.293 e. The van der Waals surface area contributed by atoms with Crippen LogP contribution in [-0.4, -0.2) is 21.9 Å². The normalized spacial score (nSPS) is 15.9. The van der Waals surface area contributed by atoms with Gasteiger partial charge >= 0.3 is 0 Å². The van der Waals surface area contributed by atoms with Gasteiger partial charge in [-0.15, -0.1) is 0 Å². The molecule has 0 saturated heterocycles. The van der Waals surface area contributed by atoms with E-state index in [0.29, 0.717) is 18.5 Å². The first kappa shape index (κ1) is 16.4. The molecule has 1 atom stereocenters. The van der Waals surface area contributed by atoms with Crippen LogP contribution in [0.5, 0.6) is 0 Å². The van der Waals surface area contributed by atoms with Gasteiger partial charge in [-0.2, -0.15) is 5.26 Å². The van der Waals surface area contributed by atoms with Gasteiger partial charge in [-0.25, -0.2) is 4.39 Å². The van der Waals surface area contributed by atoms with Crippen molar-refractivity contribution in [3.8, 4) is 6.07 Å². The standard InChI is InChI=1S/C16H20FN3O2/c1-10(2)11(3)19(14-4-5-14)9-13-7-16(20(21)22)12(8-18)6-15(13)17/h6-7,10-11,14H,4-5,9H2,1-3H3. The van der Waals surface area contributed by atoms with Crippen molar-refractivity contribution in [3.63, 3.8) is 0 Å². The first-order chi connectivity index (χ1) is 10.3. The van der Waals surface area contributed by atoms with Crippen molar-refractivity contribution in [1.82, 2.24) is 4.90 Å². The summed E-state index contributed by atoms with van der Waals surface area (Å²) in [7, 11) is 0. The lowest BCUT2D eigenvalue weighted by molar-refractivity contribution is -0.385. The lowest BCUT2D eigenvalue weighted by atomic mass is 10.0. The Kier molecular flexibility index (Phi) is 4.77. The molecule has 0 aliphatic heterocycles. The molecular formula is C16H20FN3O2. The van der Waals surface area contributed by atoms with Crippen molar-refractivity contribution >= 4 is 5.69 Å². The molecular weight excluding hydrogens is 285 g/mol. The molecule has 1 aliphatic carbocycles. The molecule has 0 radical (unpaired) electrons. The van der Waals surface area contributed by atoms with Crippen LogP contribution in [0, 0.1) is 33.2 Å². The fraction of sp³-hybridized carbons (Fsp3) is 0.562. The molecule has 1 saturated carbocycles. The van der Waals surface area contributed by atoms with E-state index in [-0.39, 0.29) is 22.9 Å². The van der Waals surface area contributed by atoms with Crippen LogP contribution in [0.15, 0.2) is 12.1 Å². The zero-order valence-electron chi connectivity index (χ0n) is 13.0. The Labute approximate surface area is 129 Å². The fourth-order valence-electron chi connectivity index (χ4n) is 2.56. The van der Waals surface area contributed by atoms with E-state index in [0.717, 1.165) is 18.9 Å². The molecule has 1 fully saturated rings. The molecule has 1 unspecified atom stereocenters. The van der Waals surface area contributed by atoms with Crippen LogP contribution in [-0.2, 0) is 6.54 Å². The predicted octanol–water partition coefficient (Wildman–Crippen LogP) is 3.61. The van der Waals surface area contributed by atoms with Crippen molar-refractivity contribution in [1.29, 1.82) is 5.26 Å². The molecule has 118 valence electrons.